The number of esters is 2. The predicted octanol–water partition coefficient (Wildman–Crippen LogP) is 7.73. The lowest BCUT2D eigenvalue weighted by molar-refractivity contribution is -0.870. The van der Waals surface area contributed by atoms with Crippen molar-refractivity contribution >= 4 is 19.8 Å². The van der Waals surface area contributed by atoms with E-state index in [1.54, 1.807) is 0 Å². The van der Waals surface area contributed by atoms with Gasteiger partial charge >= 0.3 is 19.8 Å². The molecule has 10 heteroatoms. The van der Waals surface area contributed by atoms with Gasteiger partial charge in [0, 0.05) is 13.3 Å². The average Bonchev–Trinajstić information content (AvgIpc) is 2.88. The van der Waals surface area contributed by atoms with Crippen LogP contribution >= 0.6 is 7.82 Å². The minimum absolute atomic E-state index is 0.0328. The maximum atomic E-state index is 12.3. The van der Waals surface area contributed by atoms with Crippen LogP contribution in [0.1, 0.15) is 136 Å². The summed E-state index contributed by atoms with van der Waals surface area (Å²) >= 11 is 0. The van der Waals surface area contributed by atoms with Crippen molar-refractivity contribution in [2.45, 2.75) is 142 Å². The Balaban J connectivity index is 3.88. The number of carbonyl (C=O) groups excluding carboxylic acids is 2. The van der Waals surface area contributed by atoms with Gasteiger partial charge in [0.15, 0.2) is 6.10 Å². The van der Waals surface area contributed by atoms with E-state index in [0.717, 1.165) is 12.8 Å². The van der Waals surface area contributed by atoms with Gasteiger partial charge in [0.25, 0.3) is 0 Å². The van der Waals surface area contributed by atoms with E-state index in [2.05, 4.69) is 6.92 Å². The molecule has 0 amide bonds. The first-order valence-corrected chi connectivity index (χ1v) is 17.7. The summed E-state index contributed by atoms with van der Waals surface area (Å²) in [5.74, 6) is -0.984. The molecule has 0 aliphatic carbocycles. The fourth-order valence-electron chi connectivity index (χ4n) is 4.39. The van der Waals surface area contributed by atoms with Crippen LogP contribution in [0.4, 0.5) is 0 Å². The molecule has 0 radical (unpaired) electrons. The molecular formula is C31H63NO8P+. The molecule has 0 heterocycles. The van der Waals surface area contributed by atoms with Crippen LogP contribution in [0.2, 0.25) is 0 Å². The van der Waals surface area contributed by atoms with Crippen molar-refractivity contribution in [2.75, 3.05) is 47.5 Å². The van der Waals surface area contributed by atoms with Crippen LogP contribution in [-0.4, -0.2) is 74.9 Å². The second-order valence-corrected chi connectivity index (χ2v) is 13.7. The van der Waals surface area contributed by atoms with Crippen molar-refractivity contribution < 1.29 is 42.1 Å². The molecule has 244 valence electrons. The highest BCUT2D eigenvalue weighted by Crippen LogP contribution is 2.43. The summed E-state index contributed by atoms with van der Waals surface area (Å²) in [6, 6.07) is 0. The smallest absolute Gasteiger partial charge is 0.462 e. The highest BCUT2D eigenvalue weighted by Gasteiger charge is 2.26. The third kappa shape index (κ3) is 30.3. The Labute approximate surface area is 251 Å². The molecular weight excluding hydrogens is 545 g/mol. The van der Waals surface area contributed by atoms with E-state index < -0.39 is 32.5 Å². The zero-order chi connectivity index (χ0) is 30.8. The van der Waals surface area contributed by atoms with Crippen molar-refractivity contribution in [2.24, 2.45) is 0 Å². The molecule has 9 nitrogen and oxygen atoms in total. The first kappa shape index (κ1) is 40.0. The van der Waals surface area contributed by atoms with Crippen molar-refractivity contribution in [3.63, 3.8) is 0 Å². The Bertz CT molecular complexity index is 698. The summed E-state index contributed by atoms with van der Waals surface area (Å²) in [6.07, 6.45) is 22.2. The molecule has 2 unspecified atom stereocenters. The van der Waals surface area contributed by atoms with E-state index in [9.17, 15) is 19.0 Å². The van der Waals surface area contributed by atoms with Crippen LogP contribution in [-0.2, 0) is 32.7 Å². The number of ether oxygens (including phenoxy) is 2. The fourth-order valence-corrected chi connectivity index (χ4v) is 5.13. The lowest BCUT2D eigenvalue weighted by Crippen LogP contribution is -2.37. The molecule has 0 spiro atoms. The lowest BCUT2D eigenvalue weighted by atomic mass is 10.0. The van der Waals surface area contributed by atoms with E-state index >= 15 is 0 Å². The second kappa shape index (κ2) is 25.5. The van der Waals surface area contributed by atoms with Gasteiger partial charge in [0.1, 0.15) is 19.8 Å². The Morgan fingerprint density at radius 3 is 1.56 bits per heavy atom. The van der Waals surface area contributed by atoms with Crippen LogP contribution < -0.4 is 0 Å². The SMILES string of the molecule is CCCCCCCCCCCCCCCCCCCCC(=O)OC(COC(C)=O)COP(=O)(O)OCC[N+](C)(C)C. The van der Waals surface area contributed by atoms with E-state index in [4.69, 9.17) is 18.5 Å². The number of nitrogens with zero attached hydrogens (tertiary/aromatic N) is 1. The molecule has 0 aliphatic rings. The van der Waals surface area contributed by atoms with E-state index in [1.807, 2.05) is 21.1 Å². The molecule has 0 aliphatic heterocycles. The summed E-state index contributed by atoms with van der Waals surface area (Å²) in [6.45, 7) is 3.39. The van der Waals surface area contributed by atoms with Gasteiger partial charge in [-0.05, 0) is 6.42 Å². The quantitative estimate of drug-likeness (QED) is 0.0398. The topological polar surface area (TPSA) is 108 Å². The summed E-state index contributed by atoms with van der Waals surface area (Å²) in [5.41, 5.74) is 0. The van der Waals surface area contributed by atoms with Gasteiger partial charge in [-0.2, -0.15) is 0 Å². The van der Waals surface area contributed by atoms with Gasteiger partial charge in [-0.3, -0.25) is 18.6 Å². The summed E-state index contributed by atoms with van der Waals surface area (Å²) in [5, 5.41) is 0. The van der Waals surface area contributed by atoms with Gasteiger partial charge in [-0.1, -0.05) is 116 Å². The maximum absolute atomic E-state index is 12.3. The largest absolute Gasteiger partial charge is 0.472 e. The van der Waals surface area contributed by atoms with Crippen molar-refractivity contribution in [1.82, 2.24) is 0 Å². The number of phosphoric acid groups is 1. The van der Waals surface area contributed by atoms with Crippen LogP contribution in [0.25, 0.3) is 0 Å². The van der Waals surface area contributed by atoms with Gasteiger partial charge in [-0.15, -0.1) is 0 Å². The predicted molar refractivity (Wildman–Crippen MR) is 165 cm³/mol. The molecule has 0 saturated carbocycles. The van der Waals surface area contributed by atoms with Crippen LogP contribution in [0.15, 0.2) is 0 Å². The first-order valence-electron chi connectivity index (χ1n) is 16.2. The lowest BCUT2D eigenvalue weighted by Gasteiger charge is -2.24. The minimum atomic E-state index is -4.32. The Hall–Kier alpha value is -0.990. The molecule has 0 bridgehead atoms. The number of quaternary nitrogens is 1. The number of unbranched alkanes of at least 4 members (excludes halogenated alkanes) is 17. The van der Waals surface area contributed by atoms with Crippen molar-refractivity contribution in [1.29, 1.82) is 0 Å². The molecule has 0 rings (SSSR count). The molecule has 0 aromatic heterocycles. The maximum Gasteiger partial charge on any atom is 0.472 e. The van der Waals surface area contributed by atoms with E-state index in [0.29, 0.717) is 17.4 Å². The molecule has 0 aromatic rings. The highest BCUT2D eigenvalue weighted by molar-refractivity contribution is 7.47. The zero-order valence-electron chi connectivity index (χ0n) is 27.0. The number of rotatable bonds is 29. The van der Waals surface area contributed by atoms with Crippen molar-refractivity contribution in [3.8, 4) is 0 Å². The number of hydrogen-bond acceptors (Lipinski definition) is 7. The molecule has 41 heavy (non-hydrogen) atoms. The average molecular weight is 609 g/mol. The fraction of sp³-hybridized carbons (Fsp3) is 0.935. The monoisotopic (exact) mass is 608 g/mol. The number of likely N-dealkylation sites (N-methyl/N-ethyl adjacent to an activating group) is 1. The van der Waals surface area contributed by atoms with Gasteiger partial charge in [0.05, 0.1) is 27.7 Å². The minimum Gasteiger partial charge on any atom is -0.462 e. The number of hydrogen-bond donors (Lipinski definition) is 1. The Morgan fingerprint density at radius 2 is 1.15 bits per heavy atom. The molecule has 2 atom stereocenters. The normalized spacial score (nSPS) is 14.0. The van der Waals surface area contributed by atoms with E-state index in [-0.39, 0.29) is 19.6 Å². The molecule has 0 saturated heterocycles. The van der Waals surface area contributed by atoms with Gasteiger partial charge < -0.3 is 18.9 Å². The third-order valence-electron chi connectivity index (χ3n) is 6.95. The van der Waals surface area contributed by atoms with E-state index in [1.165, 1.54) is 103 Å². The van der Waals surface area contributed by atoms with Crippen LogP contribution in [0, 0.1) is 0 Å². The third-order valence-corrected chi connectivity index (χ3v) is 7.93. The number of phosphoric ester groups is 1. The van der Waals surface area contributed by atoms with Crippen LogP contribution in [0.5, 0.6) is 0 Å². The summed E-state index contributed by atoms with van der Waals surface area (Å²) < 4.78 is 33.0. The Morgan fingerprint density at radius 1 is 0.707 bits per heavy atom. The zero-order valence-corrected chi connectivity index (χ0v) is 27.9. The summed E-state index contributed by atoms with van der Waals surface area (Å²) in [7, 11) is 1.47. The van der Waals surface area contributed by atoms with Crippen molar-refractivity contribution in [3.05, 3.63) is 0 Å². The summed E-state index contributed by atoms with van der Waals surface area (Å²) in [4.78, 5) is 33.4. The molecule has 1 N–H and O–H groups in total. The van der Waals surface area contributed by atoms with Crippen LogP contribution in [0.3, 0.4) is 0 Å². The molecule has 0 fully saturated rings. The first-order chi connectivity index (χ1) is 19.4. The second-order valence-electron chi connectivity index (χ2n) is 12.3. The van der Waals surface area contributed by atoms with Gasteiger partial charge in [-0.25, -0.2) is 4.57 Å². The van der Waals surface area contributed by atoms with Gasteiger partial charge in [0.2, 0.25) is 0 Å². The standard InChI is InChI=1S/C31H62NO8P/c1-6-7-8-9-10-11-12-13-14-15-16-17-18-19-20-21-22-23-24-31(34)40-30(27-37-29(2)33)28-39-41(35,36)38-26-25-32(3,4)5/h30H,6-28H2,1-5H3/p+1. The highest BCUT2D eigenvalue weighted by atomic mass is 31.2. The molecule has 0 aromatic carbocycles. The Kier molecular flexibility index (Phi) is 24.9. The number of carbonyl (C=O) groups is 2.